The maximum Gasteiger partial charge on any atom is 0.243 e. The lowest BCUT2D eigenvalue weighted by Gasteiger charge is -2.20. The summed E-state index contributed by atoms with van der Waals surface area (Å²) in [7, 11) is -3.37. The smallest absolute Gasteiger partial charge is 0.243 e. The largest absolute Gasteiger partial charge is 0.492 e. The van der Waals surface area contributed by atoms with Crippen molar-refractivity contribution in [1.29, 1.82) is 0 Å². The number of ether oxygens (including phenoxy) is 1. The van der Waals surface area contributed by atoms with E-state index in [1.807, 2.05) is 6.92 Å². The van der Waals surface area contributed by atoms with Gasteiger partial charge in [-0.05, 0) is 37.1 Å². The van der Waals surface area contributed by atoms with Crippen molar-refractivity contribution in [2.24, 2.45) is 5.73 Å². The van der Waals surface area contributed by atoms with E-state index in [0.29, 0.717) is 30.3 Å². The van der Waals surface area contributed by atoms with Crippen LogP contribution in [0.1, 0.15) is 19.8 Å². The Hall–Kier alpha value is -1.11. The van der Waals surface area contributed by atoms with Crippen LogP contribution in [0, 0.1) is 0 Å². The molecule has 2 N–H and O–H groups in total. The molecule has 0 amide bonds. The molecule has 0 heterocycles. The van der Waals surface area contributed by atoms with E-state index in [0.717, 1.165) is 12.8 Å². The van der Waals surface area contributed by atoms with Crippen molar-refractivity contribution < 1.29 is 13.2 Å². The Morgan fingerprint density at radius 1 is 1.32 bits per heavy atom. The van der Waals surface area contributed by atoms with Crippen LogP contribution in [0.15, 0.2) is 29.2 Å². The molecular weight excluding hydrogens is 264 g/mol. The third-order valence-electron chi connectivity index (χ3n) is 3.08. The summed E-state index contributed by atoms with van der Waals surface area (Å²) in [6, 6.07) is 6.70. The highest BCUT2D eigenvalue weighted by Crippen LogP contribution is 2.32. The average Bonchev–Trinajstić information content (AvgIpc) is 3.22. The van der Waals surface area contributed by atoms with Crippen molar-refractivity contribution in [2.45, 2.75) is 30.7 Å². The summed E-state index contributed by atoms with van der Waals surface area (Å²) in [4.78, 5) is 0.321. The zero-order valence-electron chi connectivity index (χ0n) is 11.1. The van der Waals surface area contributed by atoms with Crippen LogP contribution >= 0.6 is 0 Å². The molecule has 1 aromatic rings. The fourth-order valence-corrected chi connectivity index (χ4v) is 3.70. The van der Waals surface area contributed by atoms with Crippen molar-refractivity contribution >= 4 is 10.0 Å². The number of nitrogens with two attached hydrogens (primary N) is 1. The van der Waals surface area contributed by atoms with Gasteiger partial charge < -0.3 is 10.5 Å². The summed E-state index contributed by atoms with van der Waals surface area (Å²) >= 11 is 0. The van der Waals surface area contributed by atoms with Crippen molar-refractivity contribution in [1.82, 2.24) is 4.31 Å². The zero-order valence-corrected chi connectivity index (χ0v) is 11.9. The number of hydrogen-bond donors (Lipinski definition) is 1. The van der Waals surface area contributed by atoms with Crippen molar-refractivity contribution in [3.05, 3.63) is 24.3 Å². The van der Waals surface area contributed by atoms with Crippen LogP contribution in [-0.4, -0.2) is 38.5 Å². The first-order chi connectivity index (χ1) is 9.09. The summed E-state index contributed by atoms with van der Waals surface area (Å²) < 4.78 is 31.8. The molecule has 0 saturated heterocycles. The third kappa shape index (κ3) is 3.26. The van der Waals surface area contributed by atoms with E-state index >= 15 is 0 Å². The zero-order chi connectivity index (χ0) is 13.9. The predicted octanol–water partition coefficient (Wildman–Crippen LogP) is 1.20. The minimum atomic E-state index is -3.37. The fraction of sp³-hybridized carbons (Fsp3) is 0.538. The van der Waals surface area contributed by atoms with Gasteiger partial charge in [-0.15, -0.1) is 0 Å². The minimum Gasteiger partial charge on any atom is -0.492 e. The van der Waals surface area contributed by atoms with Crippen molar-refractivity contribution in [2.75, 3.05) is 19.7 Å². The number of benzene rings is 1. The summed E-state index contributed by atoms with van der Waals surface area (Å²) in [6.07, 6.45) is 1.93. The van der Waals surface area contributed by atoms with Crippen molar-refractivity contribution in [3.8, 4) is 5.75 Å². The highest BCUT2D eigenvalue weighted by molar-refractivity contribution is 7.89. The molecule has 1 aliphatic carbocycles. The standard InChI is InChI=1S/C13H20N2O3S/c1-2-15(11-3-4-11)19(16,17)13-7-5-12(6-8-13)18-10-9-14/h5-8,11H,2-4,9-10,14H2,1H3. The minimum absolute atomic E-state index is 0.183. The first kappa shape index (κ1) is 14.3. The first-order valence-corrected chi connectivity index (χ1v) is 7.98. The van der Waals surface area contributed by atoms with E-state index in [9.17, 15) is 8.42 Å². The molecule has 0 spiro atoms. The van der Waals surface area contributed by atoms with E-state index < -0.39 is 10.0 Å². The lowest BCUT2D eigenvalue weighted by atomic mass is 10.3. The van der Waals surface area contributed by atoms with Gasteiger partial charge in [0.2, 0.25) is 10.0 Å². The average molecular weight is 284 g/mol. The van der Waals surface area contributed by atoms with Crippen LogP contribution in [0.2, 0.25) is 0 Å². The molecule has 0 bridgehead atoms. The number of rotatable bonds is 7. The summed E-state index contributed by atoms with van der Waals surface area (Å²) in [5.41, 5.74) is 5.35. The molecule has 1 fully saturated rings. The van der Waals surface area contributed by atoms with Gasteiger partial charge in [0.15, 0.2) is 0 Å². The van der Waals surface area contributed by atoms with Gasteiger partial charge in [-0.2, -0.15) is 4.31 Å². The van der Waals surface area contributed by atoms with E-state index in [1.165, 1.54) is 0 Å². The highest BCUT2D eigenvalue weighted by atomic mass is 32.2. The molecule has 2 rings (SSSR count). The molecule has 0 aliphatic heterocycles. The molecular formula is C13H20N2O3S. The van der Waals surface area contributed by atoms with Crippen LogP contribution in [0.25, 0.3) is 0 Å². The van der Waals surface area contributed by atoms with Gasteiger partial charge in [-0.25, -0.2) is 8.42 Å². The molecule has 19 heavy (non-hydrogen) atoms. The van der Waals surface area contributed by atoms with Gasteiger partial charge >= 0.3 is 0 Å². The summed E-state index contributed by atoms with van der Waals surface area (Å²) in [6.45, 7) is 3.24. The van der Waals surface area contributed by atoms with Crippen LogP contribution in [-0.2, 0) is 10.0 Å². The van der Waals surface area contributed by atoms with Crippen LogP contribution in [0.5, 0.6) is 5.75 Å². The Kier molecular flexibility index (Phi) is 4.44. The molecule has 1 aliphatic rings. The molecule has 0 unspecified atom stereocenters. The number of sulfonamides is 1. The molecule has 5 nitrogen and oxygen atoms in total. The van der Waals surface area contributed by atoms with Crippen LogP contribution < -0.4 is 10.5 Å². The van der Waals surface area contributed by atoms with E-state index in [-0.39, 0.29) is 6.04 Å². The predicted molar refractivity (Wildman–Crippen MR) is 73.6 cm³/mol. The van der Waals surface area contributed by atoms with Crippen molar-refractivity contribution in [3.63, 3.8) is 0 Å². The summed E-state index contributed by atoms with van der Waals surface area (Å²) in [5.74, 6) is 0.638. The second-order valence-electron chi connectivity index (χ2n) is 4.55. The Bertz CT molecular complexity index is 509. The number of nitrogens with zero attached hydrogens (tertiary/aromatic N) is 1. The lowest BCUT2D eigenvalue weighted by molar-refractivity contribution is 0.328. The molecule has 1 aromatic carbocycles. The fourth-order valence-electron chi connectivity index (χ4n) is 2.01. The molecule has 1 saturated carbocycles. The molecule has 6 heteroatoms. The van der Waals surface area contributed by atoms with E-state index in [4.69, 9.17) is 10.5 Å². The molecule has 0 radical (unpaired) electrons. The first-order valence-electron chi connectivity index (χ1n) is 6.54. The van der Waals surface area contributed by atoms with Gasteiger partial charge in [-0.3, -0.25) is 0 Å². The van der Waals surface area contributed by atoms with E-state index in [2.05, 4.69) is 0 Å². The monoisotopic (exact) mass is 284 g/mol. The van der Waals surface area contributed by atoms with Gasteiger partial charge in [0.25, 0.3) is 0 Å². The van der Waals surface area contributed by atoms with Gasteiger partial charge in [0.1, 0.15) is 12.4 Å². The van der Waals surface area contributed by atoms with Crippen LogP contribution in [0.4, 0.5) is 0 Å². The van der Waals surface area contributed by atoms with Gasteiger partial charge in [0, 0.05) is 19.1 Å². The Labute approximate surface area is 114 Å². The normalized spacial score (nSPS) is 15.7. The Morgan fingerprint density at radius 3 is 2.42 bits per heavy atom. The van der Waals surface area contributed by atoms with Gasteiger partial charge in [-0.1, -0.05) is 6.92 Å². The quantitative estimate of drug-likeness (QED) is 0.816. The maximum atomic E-state index is 12.4. The van der Waals surface area contributed by atoms with Crippen LogP contribution in [0.3, 0.4) is 0 Å². The Balaban J connectivity index is 2.16. The molecule has 0 aromatic heterocycles. The summed E-state index contributed by atoms with van der Waals surface area (Å²) in [5, 5.41) is 0. The molecule has 106 valence electrons. The molecule has 0 atom stereocenters. The topological polar surface area (TPSA) is 72.6 Å². The van der Waals surface area contributed by atoms with Gasteiger partial charge in [0.05, 0.1) is 4.90 Å². The number of hydrogen-bond acceptors (Lipinski definition) is 4. The SMILES string of the molecule is CCN(C1CC1)S(=O)(=O)c1ccc(OCCN)cc1. The lowest BCUT2D eigenvalue weighted by Crippen LogP contribution is -2.32. The second-order valence-corrected chi connectivity index (χ2v) is 6.44. The van der Waals surface area contributed by atoms with E-state index in [1.54, 1.807) is 28.6 Å². The highest BCUT2D eigenvalue weighted by Gasteiger charge is 2.36. The second kappa shape index (κ2) is 5.90. The Morgan fingerprint density at radius 2 is 1.95 bits per heavy atom. The third-order valence-corrected chi connectivity index (χ3v) is 5.12. The maximum absolute atomic E-state index is 12.4.